The minimum Gasteiger partial charge on any atom is -0.482 e. The van der Waals surface area contributed by atoms with Crippen LogP contribution in [0, 0.1) is 5.92 Å². The highest BCUT2D eigenvalue weighted by Gasteiger charge is 2.30. The highest BCUT2D eigenvalue weighted by molar-refractivity contribution is 6.34. The number of hydrogen-bond donors (Lipinski definition) is 1. The molecule has 2 aromatic rings. The number of hydrogen-bond acceptors (Lipinski definition) is 3. The SMILES string of the molecule is Clc1cc(Cl)cc(O[C@@H](c2ccco2)[C@H]2CCNC2)c1. The lowest BCUT2D eigenvalue weighted by Crippen LogP contribution is -2.21. The first-order valence-corrected chi connectivity index (χ1v) is 7.35. The lowest BCUT2D eigenvalue weighted by atomic mass is 9.99. The van der Waals surface area contributed by atoms with Crippen LogP contribution in [0.4, 0.5) is 0 Å². The molecule has 0 radical (unpaired) electrons. The maximum absolute atomic E-state index is 6.10. The summed E-state index contributed by atoms with van der Waals surface area (Å²) in [6.07, 6.45) is 2.59. The van der Waals surface area contributed by atoms with Gasteiger partial charge >= 0.3 is 0 Å². The number of furan rings is 1. The van der Waals surface area contributed by atoms with E-state index in [1.807, 2.05) is 12.1 Å². The Bertz CT molecular complexity index is 545. The standard InChI is InChI=1S/C15H15Cl2NO2/c16-11-6-12(17)8-13(7-11)20-15(10-3-4-18-9-10)14-2-1-5-19-14/h1-2,5-8,10,15,18H,3-4,9H2/t10-,15+/m0/s1. The zero-order chi connectivity index (χ0) is 13.9. The van der Waals surface area contributed by atoms with E-state index in [-0.39, 0.29) is 6.10 Å². The molecule has 1 N–H and O–H groups in total. The summed E-state index contributed by atoms with van der Waals surface area (Å²) in [6, 6.07) is 9.04. The molecule has 20 heavy (non-hydrogen) atoms. The van der Waals surface area contributed by atoms with E-state index in [9.17, 15) is 0 Å². The Hall–Kier alpha value is -1.16. The number of rotatable bonds is 4. The van der Waals surface area contributed by atoms with Crippen LogP contribution in [0.1, 0.15) is 18.3 Å². The first-order valence-electron chi connectivity index (χ1n) is 6.59. The van der Waals surface area contributed by atoms with E-state index in [0.717, 1.165) is 25.3 Å². The smallest absolute Gasteiger partial charge is 0.160 e. The summed E-state index contributed by atoms with van der Waals surface area (Å²) >= 11 is 12.0. The third-order valence-corrected chi connectivity index (χ3v) is 3.89. The summed E-state index contributed by atoms with van der Waals surface area (Å²) < 4.78 is 11.6. The Morgan fingerprint density at radius 2 is 2.05 bits per heavy atom. The average molecular weight is 312 g/mol. The largest absolute Gasteiger partial charge is 0.482 e. The Morgan fingerprint density at radius 3 is 2.65 bits per heavy atom. The van der Waals surface area contributed by atoms with Crippen LogP contribution < -0.4 is 10.1 Å². The maximum Gasteiger partial charge on any atom is 0.160 e. The minimum atomic E-state index is -0.130. The Balaban J connectivity index is 1.85. The van der Waals surface area contributed by atoms with Gasteiger partial charge in [-0.25, -0.2) is 0 Å². The molecule has 106 valence electrons. The Morgan fingerprint density at radius 1 is 1.25 bits per heavy atom. The van der Waals surface area contributed by atoms with Crippen LogP contribution in [0.5, 0.6) is 5.75 Å². The van der Waals surface area contributed by atoms with Gasteiger partial charge in [0.25, 0.3) is 0 Å². The molecule has 0 saturated carbocycles. The molecule has 1 aliphatic rings. The molecule has 2 heterocycles. The molecule has 0 unspecified atom stereocenters. The third kappa shape index (κ3) is 3.11. The summed E-state index contributed by atoms with van der Waals surface area (Å²) in [7, 11) is 0. The number of halogens is 2. The van der Waals surface area contributed by atoms with Gasteiger partial charge < -0.3 is 14.5 Å². The maximum atomic E-state index is 6.10. The van der Waals surface area contributed by atoms with E-state index in [1.54, 1.807) is 24.5 Å². The number of ether oxygens (including phenoxy) is 1. The predicted molar refractivity (Wildman–Crippen MR) is 79.5 cm³/mol. The van der Waals surface area contributed by atoms with Gasteiger partial charge in [-0.3, -0.25) is 0 Å². The molecular weight excluding hydrogens is 297 g/mol. The van der Waals surface area contributed by atoms with Crippen molar-refractivity contribution in [2.75, 3.05) is 13.1 Å². The van der Waals surface area contributed by atoms with Crippen molar-refractivity contribution in [1.29, 1.82) is 0 Å². The van der Waals surface area contributed by atoms with Crippen LogP contribution >= 0.6 is 23.2 Å². The van der Waals surface area contributed by atoms with Gasteiger partial charge in [-0.15, -0.1) is 0 Å². The van der Waals surface area contributed by atoms with Gasteiger partial charge in [0.05, 0.1) is 6.26 Å². The fourth-order valence-corrected chi connectivity index (χ4v) is 3.02. The predicted octanol–water partition coefficient (Wildman–Crippen LogP) is 4.32. The van der Waals surface area contributed by atoms with Crippen molar-refractivity contribution < 1.29 is 9.15 Å². The average Bonchev–Trinajstić information content (AvgIpc) is 3.08. The molecule has 1 fully saturated rings. The summed E-state index contributed by atoms with van der Waals surface area (Å²) in [5, 5.41) is 4.48. The van der Waals surface area contributed by atoms with Gasteiger partial charge in [0, 0.05) is 22.5 Å². The van der Waals surface area contributed by atoms with E-state index < -0.39 is 0 Å². The second-order valence-corrected chi connectivity index (χ2v) is 5.78. The molecule has 1 aliphatic heterocycles. The molecule has 1 saturated heterocycles. The lowest BCUT2D eigenvalue weighted by molar-refractivity contribution is 0.120. The Labute approximate surface area is 127 Å². The van der Waals surface area contributed by atoms with Gasteiger partial charge in [-0.05, 0) is 43.3 Å². The quantitative estimate of drug-likeness (QED) is 0.913. The van der Waals surface area contributed by atoms with Crippen LogP contribution in [-0.4, -0.2) is 13.1 Å². The molecule has 0 aliphatic carbocycles. The molecule has 2 atom stereocenters. The fourth-order valence-electron chi connectivity index (χ4n) is 2.52. The molecular formula is C15H15Cl2NO2. The van der Waals surface area contributed by atoms with E-state index in [0.29, 0.717) is 21.7 Å². The minimum absolute atomic E-state index is 0.130. The molecule has 0 bridgehead atoms. The summed E-state index contributed by atoms with van der Waals surface area (Å²) in [6.45, 7) is 1.92. The van der Waals surface area contributed by atoms with Crippen LogP contribution in [0.3, 0.4) is 0 Å². The molecule has 1 aromatic heterocycles. The topological polar surface area (TPSA) is 34.4 Å². The van der Waals surface area contributed by atoms with E-state index in [1.165, 1.54) is 0 Å². The summed E-state index contributed by atoms with van der Waals surface area (Å²) in [4.78, 5) is 0. The molecule has 3 nitrogen and oxygen atoms in total. The third-order valence-electron chi connectivity index (χ3n) is 3.45. The zero-order valence-electron chi connectivity index (χ0n) is 10.8. The number of benzene rings is 1. The molecule has 5 heteroatoms. The van der Waals surface area contributed by atoms with E-state index in [4.69, 9.17) is 32.4 Å². The van der Waals surface area contributed by atoms with Gasteiger partial charge in [-0.1, -0.05) is 23.2 Å². The van der Waals surface area contributed by atoms with Crippen molar-refractivity contribution in [3.05, 3.63) is 52.4 Å². The lowest BCUT2D eigenvalue weighted by Gasteiger charge is -2.22. The van der Waals surface area contributed by atoms with Gasteiger partial charge in [-0.2, -0.15) is 0 Å². The van der Waals surface area contributed by atoms with Crippen LogP contribution in [-0.2, 0) is 0 Å². The van der Waals surface area contributed by atoms with Crippen LogP contribution in [0.25, 0.3) is 0 Å². The molecule has 0 spiro atoms. The molecule has 0 amide bonds. The monoisotopic (exact) mass is 311 g/mol. The van der Waals surface area contributed by atoms with E-state index in [2.05, 4.69) is 5.32 Å². The fraction of sp³-hybridized carbons (Fsp3) is 0.333. The Kier molecular flexibility index (Phi) is 4.20. The zero-order valence-corrected chi connectivity index (χ0v) is 12.3. The highest BCUT2D eigenvalue weighted by Crippen LogP contribution is 2.34. The van der Waals surface area contributed by atoms with Crippen molar-refractivity contribution >= 4 is 23.2 Å². The molecule has 3 rings (SSSR count). The second kappa shape index (κ2) is 6.08. The van der Waals surface area contributed by atoms with Crippen molar-refractivity contribution in [3.8, 4) is 5.75 Å². The first kappa shape index (κ1) is 13.8. The second-order valence-electron chi connectivity index (χ2n) is 4.91. The van der Waals surface area contributed by atoms with Gasteiger partial charge in [0.2, 0.25) is 0 Å². The normalized spacial score (nSPS) is 20.0. The van der Waals surface area contributed by atoms with Crippen LogP contribution in [0.2, 0.25) is 10.0 Å². The van der Waals surface area contributed by atoms with Crippen molar-refractivity contribution in [2.45, 2.75) is 12.5 Å². The van der Waals surface area contributed by atoms with Crippen LogP contribution in [0.15, 0.2) is 41.0 Å². The van der Waals surface area contributed by atoms with Crippen molar-refractivity contribution in [3.63, 3.8) is 0 Å². The summed E-state index contributed by atoms with van der Waals surface area (Å²) in [5.74, 6) is 1.87. The van der Waals surface area contributed by atoms with Crippen molar-refractivity contribution in [1.82, 2.24) is 5.32 Å². The van der Waals surface area contributed by atoms with E-state index >= 15 is 0 Å². The first-order chi connectivity index (χ1) is 9.72. The molecule has 1 aromatic carbocycles. The number of nitrogens with one attached hydrogen (secondary N) is 1. The van der Waals surface area contributed by atoms with Gasteiger partial charge in [0.1, 0.15) is 11.5 Å². The van der Waals surface area contributed by atoms with Crippen molar-refractivity contribution in [2.24, 2.45) is 5.92 Å². The highest BCUT2D eigenvalue weighted by atomic mass is 35.5. The van der Waals surface area contributed by atoms with Gasteiger partial charge in [0.15, 0.2) is 6.10 Å². The summed E-state index contributed by atoms with van der Waals surface area (Å²) in [5.41, 5.74) is 0.